The summed E-state index contributed by atoms with van der Waals surface area (Å²) < 4.78 is 0. The Hall–Kier alpha value is -0.380. The van der Waals surface area contributed by atoms with Crippen LogP contribution in [0.15, 0.2) is 17.5 Å². The molecule has 0 radical (unpaired) electrons. The minimum absolute atomic E-state index is 0.299. The molecule has 1 aromatic heterocycles. The number of hydrogen-bond donors (Lipinski definition) is 2. The van der Waals surface area contributed by atoms with Crippen LogP contribution in [0, 0.1) is 5.92 Å². The highest BCUT2D eigenvalue weighted by Gasteiger charge is 2.15. The van der Waals surface area contributed by atoms with Crippen LogP contribution in [-0.4, -0.2) is 18.3 Å². The molecule has 1 aromatic rings. The molecule has 0 saturated heterocycles. The second-order valence-electron chi connectivity index (χ2n) is 4.12. The maximum absolute atomic E-state index is 8.70. The van der Waals surface area contributed by atoms with Crippen LogP contribution >= 0.6 is 11.3 Å². The first kappa shape index (κ1) is 12.7. The largest absolute Gasteiger partial charge is 0.396 e. The van der Waals surface area contributed by atoms with Gasteiger partial charge in [0.25, 0.3) is 0 Å². The van der Waals surface area contributed by atoms with Gasteiger partial charge in [0.15, 0.2) is 0 Å². The zero-order chi connectivity index (χ0) is 11.1. The van der Waals surface area contributed by atoms with Gasteiger partial charge in [-0.25, -0.2) is 0 Å². The first-order valence-electron chi connectivity index (χ1n) is 5.63. The molecular formula is C12H21NOS. The Morgan fingerprint density at radius 2 is 2.20 bits per heavy atom. The third-order valence-corrected chi connectivity index (χ3v) is 3.42. The van der Waals surface area contributed by atoms with E-state index in [0.717, 1.165) is 19.4 Å². The number of aliphatic hydroxyl groups is 1. The van der Waals surface area contributed by atoms with Gasteiger partial charge in [-0.05, 0) is 36.8 Å². The van der Waals surface area contributed by atoms with Gasteiger partial charge in [0.05, 0.1) is 0 Å². The van der Waals surface area contributed by atoms with Gasteiger partial charge in [0.2, 0.25) is 0 Å². The standard InChI is InChI=1S/C12H21NOS/c1-10(2)12(11-6-5-9-15-11)13-7-3-4-8-14/h5-6,9-10,12-14H,3-4,7-8H2,1-2H3. The van der Waals surface area contributed by atoms with E-state index in [1.54, 1.807) is 0 Å². The van der Waals surface area contributed by atoms with Crippen molar-refractivity contribution in [1.82, 2.24) is 5.32 Å². The lowest BCUT2D eigenvalue weighted by Crippen LogP contribution is -2.26. The van der Waals surface area contributed by atoms with Crippen LogP contribution in [0.5, 0.6) is 0 Å². The molecule has 0 amide bonds. The summed E-state index contributed by atoms with van der Waals surface area (Å²) in [5, 5.41) is 14.4. The first-order valence-corrected chi connectivity index (χ1v) is 6.51. The number of thiophene rings is 1. The van der Waals surface area contributed by atoms with Crippen LogP contribution in [0.3, 0.4) is 0 Å². The lowest BCUT2D eigenvalue weighted by Gasteiger charge is -2.21. The van der Waals surface area contributed by atoms with Crippen LogP contribution in [-0.2, 0) is 0 Å². The maximum Gasteiger partial charge on any atom is 0.0438 e. The van der Waals surface area contributed by atoms with Gasteiger partial charge in [-0.1, -0.05) is 19.9 Å². The van der Waals surface area contributed by atoms with Gasteiger partial charge in [-0.15, -0.1) is 11.3 Å². The van der Waals surface area contributed by atoms with E-state index >= 15 is 0 Å². The van der Waals surface area contributed by atoms with Crippen LogP contribution in [0.1, 0.15) is 37.6 Å². The van der Waals surface area contributed by atoms with Gasteiger partial charge in [-0.2, -0.15) is 0 Å². The van der Waals surface area contributed by atoms with Crippen LogP contribution in [0.2, 0.25) is 0 Å². The number of aliphatic hydroxyl groups excluding tert-OH is 1. The highest BCUT2D eigenvalue weighted by atomic mass is 32.1. The van der Waals surface area contributed by atoms with Gasteiger partial charge in [-0.3, -0.25) is 0 Å². The molecule has 0 aliphatic heterocycles. The quantitative estimate of drug-likeness (QED) is 0.702. The molecule has 86 valence electrons. The van der Waals surface area contributed by atoms with Crippen molar-refractivity contribution in [2.75, 3.05) is 13.2 Å². The summed E-state index contributed by atoms with van der Waals surface area (Å²) in [5.41, 5.74) is 0. The molecule has 2 nitrogen and oxygen atoms in total. The summed E-state index contributed by atoms with van der Waals surface area (Å²) in [6, 6.07) is 4.75. The Balaban J connectivity index is 2.39. The summed E-state index contributed by atoms with van der Waals surface area (Å²) >= 11 is 1.81. The third kappa shape index (κ3) is 4.33. The van der Waals surface area contributed by atoms with Gasteiger partial charge in [0, 0.05) is 17.5 Å². The molecule has 0 aromatic carbocycles. The number of rotatable bonds is 7. The van der Waals surface area contributed by atoms with Gasteiger partial charge >= 0.3 is 0 Å². The minimum atomic E-state index is 0.299. The monoisotopic (exact) mass is 227 g/mol. The topological polar surface area (TPSA) is 32.3 Å². The molecule has 0 saturated carbocycles. The van der Waals surface area contributed by atoms with Gasteiger partial charge in [0.1, 0.15) is 0 Å². The predicted octanol–water partition coefficient (Wildman–Crippen LogP) is 2.81. The predicted molar refractivity (Wildman–Crippen MR) is 66.2 cm³/mol. The third-order valence-electron chi connectivity index (χ3n) is 2.47. The summed E-state index contributed by atoms with van der Waals surface area (Å²) in [7, 11) is 0. The van der Waals surface area contributed by atoms with Crippen LogP contribution in [0.4, 0.5) is 0 Å². The van der Waals surface area contributed by atoms with Crippen molar-refractivity contribution in [3.63, 3.8) is 0 Å². The zero-order valence-electron chi connectivity index (χ0n) is 9.57. The Kier molecular flexibility index (Phi) is 5.91. The molecular weight excluding hydrogens is 206 g/mol. The molecule has 0 aliphatic carbocycles. The summed E-state index contributed by atoms with van der Waals surface area (Å²) in [4.78, 5) is 1.41. The van der Waals surface area contributed by atoms with Crippen molar-refractivity contribution in [3.8, 4) is 0 Å². The van der Waals surface area contributed by atoms with Crippen molar-refractivity contribution in [1.29, 1.82) is 0 Å². The fourth-order valence-electron chi connectivity index (χ4n) is 1.63. The SMILES string of the molecule is CC(C)C(NCCCCO)c1cccs1. The van der Waals surface area contributed by atoms with Crippen molar-refractivity contribution in [2.24, 2.45) is 5.92 Å². The number of nitrogens with one attached hydrogen (secondary N) is 1. The smallest absolute Gasteiger partial charge is 0.0438 e. The van der Waals surface area contributed by atoms with Crippen LogP contribution < -0.4 is 5.32 Å². The summed E-state index contributed by atoms with van der Waals surface area (Å²) in [6.45, 7) is 5.77. The number of hydrogen-bond acceptors (Lipinski definition) is 3. The van der Waals surface area contributed by atoms with Crippen molar-refractivity contribution in [2.45, 2.75) is 32.7 Å². The molecule has 15 heavy (non-hydrogen) atoms. The van der Waals surface area contributed by atoms with E-state index in [0.29, 0.717) is 18.6 Å². The molecule has 0 bridgehead atoms. The van der Waals surface area contributed by atoms with E-state index < -0.39 is 0 Å². The second-order valence-corrected chi connectivity index (χ2v) is 5.10. The van der Waals surface area contributed by atoms with E-state index in [2.05, 4.69) is 36.7 Å². The van der Waals surface area contributed by atoms with Crippen molar-refractivity contribution in [3.05, 3.63) is 22.4 Å². The van der Waals surface area contributed by atoms with Crippen LogP contribution in [0.25, 0.3) is 0 Å². The summed E-state index contributed by atoms with van der Waals surface area (Å²) in [6.07, 6.45) is 1.94. The fourth-order valence-corrected chi connectivity index (χ4v) is 2.60. The molecule has 3 heteroatoms. The Bertz CT molecular complexity index is 246. The van der Waals surface area contributed by atoms with E-state index in [1.807, 2.05) is 11.3 Å². The molecule has 0 aliphatic rings. The minimum Gasteiger partial charge on any atom is -0.396 e. The summed E-state index contributed by atoms with van der Waals surface area (Å²) in [5.74, 6) is 0.609. The fraction of sp³-hybridized carbons (Fsp3) is 0.667. The second kappa shape index (κ2) is 6.99. The van der Waals surface area contributed by atoms with Gasteiger partial charge < -0.3 is 10.4 Å². The van der Waals surface area contributed by atoms with E-state index in [4.69, 9.17) is 5.11 Å². The molecule has 2 N–H and O–H groups in total. The average molecular weight is 227 g/mol. The molecule has 1 atom stereocenters. The maximum atomic E-state index is 8.70. The molecule has 0 fully saturated rings. The normalized spacial score (nSPS) is 13.3. The Labute approximate surface area is 96.3 Å². The molecule has 1 rings (SSSR count). The zero-order valence-corrected chi connectivity index (χ0v) is 10.4. The van der Waals surface area contributed by atoms with Crippen molar-refractivity contribution >= 4 is 11.3 Å². The van der Waals surface area contributed by atoms with E-state index in [-0.39, 0.29) is 0 Å². The lowest BCUT2D eigenvalue weighted by atomic mass is 10.0. The molecule has 0 spiro atoms. The molecule has 1 unspecified atom stereocenters. The average Bonchev–Trinajstić information content (AvgIpc) is 2.70. The Morgan fingerprint density at radius 3 is 2.73 bits per heavy atom. The van der Waals surface area contributed by atoms with E-state index in [1.165, 1.54) is 4.88 Å². The van der Waals surface area contributed by atoms with Crippen molar-refractivity contribution < 1.29 is 5.11 Å². The lowest BCUT2D eigenvalue weighted by molar-refractivity contribution is 0.281. The Morgan fingerprint density at radius 1 is 1.40 bits per heavy atom. The number of unbranched alkanes of at least 4 members (excludes halogenated alkanes) is 1. The highest BCUT2D eigenvalue weighted by molar-refractivity contribution is 7.10. The van der Waals surface area contributed by atoms with E-state index in [9.17, 15) is 0 Å². The highest BCUT2D eigenvalue weighted by Crippen LogP contribution is 2.25. The molecule has 1 heterocycles. The first-order chi connectivity index (χ1) is 7.25.